The topological polar surface area (TPSA) is 85.4 Å². The molecule has 0 aliphatic carbocycles. The number of fused-ring (bicyclic) bond motifs is 2. The molecule has 2 heterocycles. The minimum Gasteiger partial charge on any atom is -0.493 e. The van der Waals surface area contributed by atoms with Gasteiger partial charge in [-0.3, -0.25) is 9.78 Å². The van der Waals surface area contributed by atoms with Crippen LogP contribution in [0, 0.1) is 0 Å². The number of amides is 1. The van der Waals surface area contributed by atoms with Gasteiger partial charge in [-0.25, -0.2) is 8.42 Å². The molecule has 0 bridgehead atoms. The Bertz CT molecular complexity index is 1190. The second-order valence-electron chi connectivity index (χ2n) is 6.70. The standard InChI is InChI=1S/C20H17ClN2O4S/c1-28(25,26)14-4-2-12-10-22-11-18(16(12)9-14)23-20(24)15-6-7-27-19-5-3-13(21)8-17(15)19/h2-5,8-11,15H,6-7H2,1H3,(H,23,24)/t15-/m1/s1. The Labute approximate surface area is 167 Å². The summed E-state index contributed by atoms with van der Waals surface area (Å²) in [6, 6.07) is 9.98. The number of nitrogens with zero attached hydrogens (tertiary/aromatic N) is 1. The molecule has 1 amide bonds. The molecular formula is C20H17ClN2O4S. The number of rotatable bonds is 3. The molecule has 4 rings (SSSR count). The van der Waals surface area contributed by atoms with Gasteiger partial charge < -0.3 is 10.1 Å². The molecule has 1 aromatic heterocycles. The van der Waals surface area contributed by atoms with Crippen molar-refractivity contribution in [2.45, 2.75) is 17.2 Å². The first-order valence-corrected chi connectivity index (χ1v) is 10.9. The maximum Gasteiger partial charge on any atom is 0.232 e. The Morgan fingerprint density at radius 2 is 2.04 bits per heavy atom. The molecule has 8 heteroatoms. The molecule has 0 spiro atoms. The van der Waals surface area contributed by atoms with Crippen LogP contribution in [0.1, 0.15) is 17.9 Å². The first-order valence-electron chi connectivity index (χ1n) is 8.64. The van der Waals surface area contributed by atoms with Crippen molar-refractivity contribution in [2.75, 3.05) is 18.2 Å². The van der Waals surface area contributed by atoms with Gasteiger partial charge >= 0.3 is 0 Å². The molecule has 1 aliphatic heterocycles. The largest absolute Gasteiger partial charge is 0.493 e. The number of ether oxygens (including phenoxy) is 1. The van der Waals surface area contributed by atoms with E-state index < -0.39 is 15.8 Å². The monoisotopic (exact) mass is 416 g/mol. The third kappa shape index (κ3) is 3.55. The summed E-state index contributed by atoms with van der Waals surface area (Å²) in [4.78, 5) is 17.3. The molecule has 6 nitrogen and oxygen atoms in total. The van der Waals surface area contributed by atoms with Crippen molar-refractivity contribution in [3.8, 4) is 5.75 Å². The van der Waals surface area contributed by atoms with Crippen LogP contribution in [-0.4, -0.2) is 32.2 Å². The van der Waals surface area contributed by atoms with Crippen LogP contribution in [0.2, 0.25) is 5.02 Å². The highest BCUT2D eigenvalue weighted by Gasteiger charge is 2.28. The molecule has 0 saturated heterocycles. The minimum atomic E-state index is -3.37. The first-order chi connectivity index (χ1) is 13.3. The van der Waals surface area contributed by atoms with Gasteiger partial charge in [0.05, 0.1) is 29.3 Å². The van der Waals surface area contributed by atoms with E-state index in [1.165, 1.54) is 12.3 Å². The lowest BCUT2D eigenvalue weighted by molar-refractivity contribution is -0.118. The summed E-state index contributed by atoms with van der Waals surface area (Å²) < 4.78 is 29.4. The quantitative estimate of drug-likeness (QED) is 0.701. The van der Waals surface area contributed by atoms with Gasteiger partial charge in [-0.05, 0) is 36.8 Å². The summed E-state index contributed by atoms with van der Waals surface area (Å²) >= 11 is 6.09. The number of carbonyl (C=O) groups excluding carboxylic acids is 1. The highest BCUT2D eigenvalue weighted by molar-refractivity contribution is 7.90. The van der Waals surface area contributed by atoms with Crippen molar-refractivity contribution in [1.29, 1.82) is 0 Å². The zero-order valence-corrected chi connectivity index (χ0v) is 16.5. The zero-order chi connectivity index (χ0) is 19.9. The molecule has 1 N–H and O–H groups in total. The van der Waals surface area contributed by atoms with Gasteiger partial charge in [0, 0.05) is 33.8 Å². The molecule has 0 unspecified atom stereocenters. The number of hydrogen-bond donors (Lipinski definition) is 1. The van der Waals surface area contributed by atoms with Crippen molar-refractivity contribution < 1.29 is 17.9 Å². The van der Waals surface area contributed by atoms with E-state index in [1.807, 2.05) is 0 Å². The average Bonchev–Trinajstić information content (AvgIpc) is 2.66. The average molecular weight is 417 g/mol. The number of halogens is 1. The Morgan fingerprint density at radius 3 is 2.82 bits per heavy atom. The van der Waals surface area contributed by atoms with Crippen LogP contribution in [0.4, 0.5) is 5.69 Å². The smallest absolute Gasteiger partial charge is 0.232 e. The lowest BCUT2D eigenvalue weighted by Crippen LogP contribution is -2.26. The lowest BCUT2D eigenvalue weighted by Gasteiger charge is -2.25. The van der Waals surface area contributed by atoms with E-state index in [-0.39, 0.29) is 10.8 Å². The number of sulfone groups is 1. The second-order valence-corrected chi connectivity index (χ2v) is 9.16. The molecule has 28 heavy (non-hydrogen) atoms. The summed E-state index contributed by atoms with van der Waals surface area (Å²) in [6.45, 7) is 0.429. The molecule has 1 aliphatic rings. The third-order valence-electron chi connectivity index (χ3n) is 4.75. The van der Waals surface area contributed by atoms with Gasteiger partial charge in [0.25, 0.3) is 0 Å². The van der Waals surface area contributed by atoms with E-state index in [0.29, 0.717) is 34.9 Å². The van der Waals surface area contributed by atoms with Gasteiger partial charge in [0.1, 0.15) is 5.75 Å². The Balaban J connectivity index is 1.71. The summed E-state index contributed by atoms with van der Waals surface area (Å²) in [5, 5.41) is 4.78. The Kier molecular flexibility index (Phi) is 4.72. The van der Waals surface area contributed by atoms with Crippen LogP contribution in [-0.2, 0) is 14.6 Å². The third-order valence-corrected chi connectivity index (χ3v) is 6.09. The number of anilines is 1. The Morgan fingerprint density at radius 1 is 1.21 bits per heavy atom. The van der Waals surface area contributed by atoms with E-state index in [4.69, 9.17) is 16.3 Å². The number of carbonyl (C=O) groups is 1. The van der Waals surface area contributed by atoms with Gasteiger partial charge in [-0.2, -0.15) is 0 Å². The van der Waals surface area contributed by atoms with Gasteiger partial charge in [-0.1, -0.05) is 17.7 Å². The van der Waals surface area contributed by atoms with Gasteiger partial charge in [0.2, 0.25) is 5.91 Å². The molecule has 3 aromatic rings. The predicted octanol–water partition coefficient (Wildman–Crippen LogP) is 3.80. The van der Waals surface area contributed by atoms with Crippen LogP contribution in [0.25, 0.3) is 10.8 Å². The normalized spacial score (nSPS) is 16.3. The SMILES string of the molecule is CS(=O)(=O)c1ccc2cncc(NC(=O)[C@@H]3CCOc4ccc(Cl)cc43)c2c1. The number of aromatic nitrogens is 1. The van der Waals surface area contributed by atoms with Crippen molar-refractivity contribution in [3.63, 3.8) is 0 Å². The van der Waals surface area contributed by atoms with Crippen LogP contribution in [0.3, 0.4) is 0 Å². The van der Waals surface area contributed by atoms with E-state index in [2.05, 4.69) is 10.3 Å². The first kappa shape index (κ1) is 18.7. The molecule has 2 aromatic carbocycles. The summed E-state index contributed by atoms with van der Waals surface area (Å²) in [7, 11) is -3.37. The van der Waals surface area contributed by atoms with Gasteiger partial charge in [-0.15, -0.1) is 0 Å². The molecular weight excluding hydrogens is 400 g/mol. The Hall–Kier alpha value is -2.64. The fourth-order valence-corrected chi connectivity index (χ4v) is 4.16. The lowest BCUT2D eigenvalue weighted by atomic mass is 9.92. The summed E-state index contributed by atoms with van der Waals surface area (Å²) in [5.41, 5.74) is 1.20. The number of nitrogens with one attached hydrogen (secondary N) is 1. The number of hydrogen-bond acceptors (Lipinski definition) is 5. The van der Waals surface area contributed by atoms with Crippen molar-refractivity contribution in [2.24, 2.45) is 0 Å². The molecule has 0 radical (unpaired) electrons. The summed E-state index contributed by atoms with van der Waals surface area (Å²) in [5.74, 6) is 0.00730. The molecule has 144 valence electrons. The summed E-state index contributed by atoms with van der Waals surface area (Å²) in [6.07, 6.45) is 4.81. The molecule has 0 saturated carbocycles. The van der Waals surface area contributed by atoms with Crippen LogP contribution in [0.5, 0.6) is 5.75 Å². The van der Waals surface area contributed by atoms with Crippen LogP contribution in [0.15, 0.2) is 53.7 Å². The second kappa shape index (κ2) is 7.07. The zero-order valence-electron chi connectivity index (χ0n) is 15.0. The maximum absolute atomic E-state index is 13.0. The molecule has 0 fully saturated rings. The van der Waals surface area contributed by atoms with E-state index >= 15 is 0 Å². The van der Waals surface area contributed by atoms with Crippen molar-refractivity contribution >= 4 is 43.8 Å². The highest BCUT2D eigenvalue weighted by Crippen LogP contribution is 2.36. The fourth-order valence-electron chi connectivity index (χ4n) is 3.33. The number of benzene rings is 2. The minimum absolute atomic E-state index is 0.185. The molecule has 1 atom stereocenters. The van der Waals surface area contributed by atoms with Crippen LogP contribution < -0.4 is 10.1 Å². The van der Waals surface area contributed by atoms with Crippen molar-refractivity contribution in [1.82, 2.24) is 4.98 Å². The highest BCUT2D eigenvalue weighted by atomic mass is 35.5. The van der Waals surface area contributed by atoms with E-state index in [1.54, 1.807) is 36.5 Å². The van der Waals surface area contributed by atoms with E-state index in [9.17, 15) is 13.2 Å². The fraction of sp³-hybridized carbons (Fsp3) is 0.200. The maximum atomic E-state index is 13.0. The van der Waals surface area contributed by atoms with E-state index in [0.717, 1.165) is 17.2 Å². The van der Waals surface area contributed by atoms with Crippen molar-refractivity contribution in [3.05, 3.63) is 59.4 Å². The van der Waals surface area contributed by atoms with Crippen LogP contribution >= 0.6 is 11.6 Å². The number of pyridine rings is 1. The predicted molar refractivity (Wildman–Crippen MR) is 108 cm³/mol. The van der Waals surface area contributed by atoms with Gasteiger partial charge in [0.15, 0.2) is 9.84 Å².